The molecule has 0 fully saturated rings. The molecule has 1 N–H and O–H groups in total. The molecule has 0 unspecified atom stereocenters. The van der Waals surface area contributed by atoms with E-state index in [1.54, 1.807) is 10.9 Å². The van der Waals surface area contributed by atoms with Gasteiger partial charge in [-0.3, -0.25) is 5.10 Å². The molecule has 0 amide bonds. The molecule has 1 aromatic heterocycles. The Kier molecular flexibility index (Phi) is 6.35. The Labute approximate surface area is 165 Å². The predicted molar refractivity (Wildman–Crippen MR) is 110 cm³/mol. The van der Waals surface area contributed by atoms with Crippen LogP contribution in [0.5, 0.6) is 5.75 Å². The first-order chi connectivity index (χ1) is 12.7. The smallest absolute Gasteiger partial charge is 0.216 e. The largest absolute Gasteiger partial charge is 0.492 e. The van der Waals surface area contributed by atoms with Crippen molar-refractivity contribution in [1.29, 1.82) is 0 Å². The highest BCUT2D eigenvalue weighted by molar-refractivity contribution is 9.10. The van der Waals surface area contributed by atoms with Crippen LogP contribution in [-0.2, 0) is 6.42 Å². The monoisotopic (exact) mass is 430 g/mol. The summed E-state index contributed by atoms with van der Waals surface area (Å²) in [6, 6.07) is 16.0. The third-order valence-electron chi connectivity index (χ3n) is 3.66. The molecule has 5 nitrogen and oxygen atoms in total. The van der Waals surface area contributed by atoms with Crippen LogP contribution in [0.4, 0.5) is 0 Å². The number of H-pyrrole nitrogens is 1. The maximum absolute atomic E-state index is 5.67. The van der Waals surface area contributed by atoms with Crippen LogP contribution in [0.25, 0.3) is 0 Å². The molecule has 134 valence electrons. The number of benzene rings is 2. The lowest BCUT2D eigenvalue weighted by atomic mass is 10.1. The van der Waals surface area contributed by atoms with Crippen LogP contribution in [0.3, 0.4) is 0 Å². The highest BCUT2D eigenvalue weighted by Crippen LogP contribution is 2.25. The SMILES string of the molecule is CCCOc1ccc(/C=N\n2c(Cc3ccccc3)n[nH]c2=S)cc1Br. The number of nitrogens with one attached hydrogen (secondary N) is 1. The fraction of sp³-hybridized carbons (Fsp3) is 0.211. The molecule has 0 saturated heterocycles. The van der Waals surface area contributed by atoms with Gasteiger partial charge in [0.05, 0.1) is 17.3 Å². The Morgan fingerprint density at radius 2 is 2.08 bits per heavy atom. The number of aromatic nitrogens is 3. The van der Waals surface area contributed by atoms with Gasteiger partial charge in [-0.2, -0.15) is 14.9 Å². The van der Waals surface area contributed by atoms with E-state index in [1.807, 2.05) is 36.4 Å². The molecule has 3 rings (SSSR count). The van der Waals surface area contributed by atoms with E-state index in [4.69, 9.17) is 17.0 Å². The predicted octanol–water partition coefficient (Wildman–Crippen LogP) is 4.96. The van der Waals surface area contributed by atoms with Crippen molar-refractivity contribution in [2.45, 2.75) is 19.8 Å². The molecular formula is C19H19BrN4OS. The average Bonchev–Trinajstić information content (AvgIpc) is 2.99. The van der Waals surface area contributed by atoms with Crippen molar-refractivity contribution < 1.29 is 4.74 Å². The Morgan fingerprint density at radius 1 is 1.27 bits per heavy atom. The summed E-state index contributed by atoms with van der Waals surface area (Å²) < 4.78 is 8.68. The van der Waals surface area contributed by atoms with Gasteiger partial charge in [0, 0.05) is 6.42 Å². The number of rotatable bonds is 7. The summed E-state index contributed by atoms with van der Waals surface area (Å²) >= 11 is 8.84. The lowest BCUT2D eigenvalue weighted by molar-refractivity contribution is 0.315. The summed E-state index contributed by atoms with van der Waals surface area (Å²) in [5.41, 5.74) is 2.09. The zero-order chi connectivity index (χ0) is 18.4. The Bertz CT molecular complexity index is 950. The number of halogens is 1. The van der Waals surface area contributed by atoms with Crippen LogP contribution in [0, 0.1) is 4.77 Å². The van der Waals surface area contributed by atoms with Gasteiger partial charge in [-0.05, 0) is 63.9 Å². The first-order valence-electron chi connectivity index (χ1n) is 8.34. The van der Waals surface area contributed by atoms with Gasteiger partial charge in [0.2, 0.25) is 4.77 Å². The molecule has 7 heteroatoms. The summed E-state index contributed by atoms with van der Waals surface area (Å²) in [5.74, 6) is 1.59. The van der Waals surface area contributed by atoms with E-state index in [2.05, 4.69) is 50.3 Å². The number of hydrogen-bond donors (Lipinski definition) is 1. The lowest BCUT2D eigenvalue weighted by Crippen LogP contribution is -2.00. The fourth-order valence-corrected chi connectivity index (χ4v) is 3.10. The van der Waals surface area contributed by atoms with Gasteiger partial charge < -0.3 is 4.74 Å². The highest BCUT2D eigenvalue weighted by atomic mass is 79.9. The van der Waals surface area contributed by atoms with Crippen molar-refractivity contribution in [2.75, 3.05) is 6.61 Å². The van der Waals surface area contributed by atoms with E-state index in [0.717, 1.165) is 33.6 Å². The minimum Gasteiger partial charge on any atom is -0.492 e. The van der Waals surface area contributed by atoms with Gasteiger partial charge in [-0.1, -0.05) is 37.3 Å². The van der Waals surface area contributed by atoms with E-state index >= 15 is 0 Å². The molecule has 3 aromatic rings. The minimum absolute atomic E-state index is 0.467. The molecule has 0 bridgehead atoms. The van der Waals surface area contributed by atoms with Crippen molar-refractivity contribution in [3.8, 4) is 5.75 Å². The van der Waals surface area contributed by atoms with E-state index < -0.39 is 0 Å². The maximum atomic E-state index is 5.67. The Balaban J connectivity index is 1.79. The molecule has 0 atom stereocenters. The maximum Gasteiger partial charge on any atom is 0.216 e. The van der Waals surface area contributed by atoms with E-state index in [9.17, 15) is 0 Å². The van der Waals surface area contributed by atoms with Gasteiger partial charge in [0.1, 0.15) is 5.75 Å². The van der Waals surface area contributed by atoms with Gasteiger partial charge in [-0.15, -0.1) is 0 Å². The third kappa shape index (κ3) is 4.68. The molecule has 1 heterocycles. The fourth-order valence-electron chi connectivity index (χ4n) is 2.39. The topological polar surface area (TPSA) is 55.2 Å². The quantitative estimate of drug-likeness (QED) is 0.425. The second-order valence-electron chi connectivity index (χ2n) is 5.70. The molecule has 0 aliphatic carbocycles. The molecule has 0 spiro atoms. The second-order valence-corrected chi connectivity index (χ2v) is 6.94. The normalized spacial score (nSPS) is 11.2. The summed E-state index contributed by atoms with van der Waals surface area (Å²) in [7, 11) is 0. The van der Waals surface area contributed by atoms with Crippen LogP contribution in [-0.4, -0.2) is 27.7 Å². The number of aromatic amines is 1. The van der Waals surface area contributed by atoms with E-state index in [0.29, 0.717) is 17.8 Å². The first kappa shape index (κ1) is 18.5. The Morgan fingerprint density at radius 3 is 2.81 bits per heavy atom. The van der Waals surface area contributed by atoms with Crippen molar-refractivity contribution in [3.63, 3.8) is 0 Å². The molecule has 0 aliphatic rings. The summed E-state index contributed by atoms with van der Waals surface area (Å²) in [4.78, 5) is 0. The van der Waals surface area contributed by atoms with Crippen molar-refractivity contribution >= 4 is 34.4 Å². The average molecular weight is 431 g/mol. The molecular weight excluding hydrogens is 412 g/mol. The minimum atomic E-state index is 0.467. The van der Waals surface area contributed by atoms with Crippen molar-refractivity contribution in [2.24, 2.45) is 5.10 Å². The number of ether oxygens (including phenoxy) is 1. The van der Waals surface area contributed by atoms with Crippen LogP contribution < -0.4 is 4.74 Å². The highest BCUT2D eigenvalue weighted by Gasteiger charge is 2.06. The van der Waals surface area contributed by atoms with Crippen LogP contribution in [0.1, 0.15) is 30.3 Å². The number of nitrogens with zero attached hydrogens (tertiary/aromatic N) is 3. The Hall–Kier alpha value is -2.25. The third-order valence-corrected chi connectivity index (χ3v) is 4.55. The van der Waals surface area contributed by atoms with Gasteiger partial charge in [-0.25, -0.2) is 0 Å². The lowest BCUT2D eigenvalue weighted by Gasteiger charge is -2.07. The first-order valence-corrected chi connectivity index (χ1v) is 9.54. The summed E-state index contributed by atoms with van der Waals surface area (Å²) in [6.07, 6.45) is 3.38. The summed E-state index contributed by atoms with van der Waals surface area (Å²) in [6.45, 7) is 2.77. The standard InChI is InChI=1S/C19H19BrN4OS/c1-2-10-25-17-9-8-15(11-16(17)20)13-21-24-18(22-23-19(24)26)12-14-6-4-3-5-7-14/h3-9,11,13H,2,10,12H2,1H3,(H,23,26)/b21-13-. The second kappa shape index (κ2) is 8.91. The van der Waals surface area contributed by atoms with Crippen LogP contribution >= 0.6 is 28.1 Å². The zero-order valence-electron chi connectivity index (χ0n) is 14.4. The van der Waals surface area contributed by atoms with E-state index in [-0.39, 0.29) is 0 Å². The number of hydrogen-bond acceptors (Lipinski definition) is 4. The van der Waals surface area contributed by atoms with Crippen LogP contribution in [0.2, 0.25) is 0 Å². The van der Waals surface area contributed by atoms with Gasteiger partial charge in [0.25, 0.3) is 0 Å². The van der Waals surface area contributed by atoms with Gasteiger partial charge in [0.15, 0.2) is 5.82 Å². The van der Waals surface area contributed by atoms with E-state index in [1.165, 1.54) is 0 Å². The van der Waals surface area contributed by atoms with Crippen molar-refractivity contribution in [3.05, 3.63) is 74.7 Å². The van der Waals surface area contributed by atoms with Gasteiger partial charge >= 0.3 is 0 Å². The van der Waals surface area contributed by atoms with Crippen molar-refractivity contribution in [1.82, 2.24) is 14.9 Å². The molecule has 2 aromatic carbocycles. The zero-order valence-corrected chi connectivity index (χ0v) is 16.8. The summed E-state index contributed by atoms with van der Waals surface area (Å²) in [5, 5.41) is 11.6. The molecule has 0 aliphatic heterocycles. The molecule has 0 radical (unpaired) electrons. The molecule has 26 heavy (non-hydrogen) atoms. The van der Waals surface area contributed by atoms with Crippen LogP contribution in [0.15, 0.2) is 58.1 Å². The molecule has 0 saturated carbocycles.